The summed E-state index contributed by atoms with van der Waals surface area (Å²) in [7, 11) is 1.89. The first kappa shape index (κ1) is 16.9. The Bertz CT molecular complexity index is 870. The molecule has 25 heavy (non-hydrogen) atoms. The molecule has 0 spiro atoms. The van der Waals surface area contributed by atoms with E-state index in [9.17, 15) is 4.79 Å². The van der Waals surface area contributed by atoms with Crippen LogP contribution in [0.25, 0.3) is 0 Å². The summed E-state index contributed by atoms with van der Waals surface area (Å²) in [5.74, 6) is 0.153. The van der Waals surface area contributed by atoms with Crippen molar-refractivity contribution < 1.29 is 4.79 Å². The lowest BCUT2D eigenvalue weighted by Crippen LogP contribution is -2.21. The molecule has 0 fully saturated rings. The van der Waals surface area contributed by atoms with Crippen molar-refractivity contribution >= 4 is 29.1 Å². The fraction of sp³-hybridized carbons (Fsp3) is 0.105. The number of benzene rings is 2. The predicted molar refractivity (Wildman–Crippen MR) is 100.0 cm³/mol. The normalized spacial score (nSPS) is 10.3. The van der Waals surface area contributed by atoms with Gasteiger partial charge in [-0.2, -0.15) is 0 Å². The lowest BCUT2D eigenvalue weighted by Gasteiger charge is -2.17. The first-order valence-electron chi connectivity index (χ1n) is 7.77. The lowest BCUT2D eigenvalue weighted by atomic mass is 10.2. The van der Waals surface area contributed by atoms with Crippen LogP contribution in [0.2, 0.25) is 5.02 Å². The second-order valence-corrected chi connectivity index (χ2v) is 5.92. The summed E-state index contributed by atoms with van der Waals surface area (Å²) in [5, 5.41) is 3.24. The van der Waals surface area contributed by atoms with Crippen LogP contribution in [-0.2, 0) is 6.54 Å². The maximum Gasteiger partial charge on any atom is 0.274 e. The van der Waals surface area contributed by atoms with Crippen LogP contribution in [0.3, 0.4) is 0 Å². The summed E-state index contributed by atoms with van der Waals surface area (Å²) in [6.07, 6.45) is 1.57. The van der Waals surface area contributed by atoms with E-state index in [0.717, 1.165) is 5.56 Å². The van der Waals surface area contributed by atoms with E-state index in [2.05, 4.69) is 15.3 Å². The van der Waals surface area contributed by atoms with Gasteiger partial charge in [-0.15, -0.1) is 0 Å². The molecule has 1 aromatic heterocycles. The van der Waals surface area contributed by atoms with Crippen LogP contribution in [0.5, 0.6) is 0 Å². The van der Waals surface area contributed by atoms with E-state index >= 15 is 0 Å². The average molecular weight is 353 g/mol. The highest BCUT2D eigenvalue weighted by atomic mass is 35.5. The number of anilines is 2. The number of halogens is 1. The molecule has 0 unspecified atom stereocenters. The van der Waals surface area contributed by atoms with E-state index in [1.807, 2.05) is 42.3 Å². The zero-order valence-electron chi connectivity index (χ0n) is 13.7. The number of carbonyl (C=O) groups excluding carboxylic acids is 1. The highest BCUT2D eigenvalue weighted by Crippen LogP contribution is 2.21. The Kier molecular flexibility index (Phi) is 5.26. The largest absolute Gasteiger partial charge is 0.340 e. The van der Waals surface area contributed by atoms with Crippen molar-refractivity contribution in [2.24, 2.45) is 0 Å². The first-order chi connectivity index (χ1) is 12.1. The van der Waals surface area contributed by atoms with Gasteiger partial charge in [-0.25, -0.2) is 9.97 Å². The average Bonchev–Trinajstić information content (AvgIpc) is 2.64. The molecule has 0 radical (unpaired) electrons. The van der Waals surface area contributed by atoms with Crippen molar-refractivity contribution in [3.63, 3.8) is 0 Å². The molecule has 0 saturated heterocycles. The van der Waals surface area contributed by atoms with Crippen molar-refractivity contribution in [3.05, 3.63) is 83.1 Å². The van der Waals surface area contributed by atoms with Crippen LogP contribution in [-0.4, -0.2) is 22.9 Å². The van der Waals surface area contributed by atoms with Gasteiger partial charge < -0.3 is 10.2 Å². The van der Waals surface area contributed by atoms with Crippen LogP contribution in [0.1, 0.15) is 16.1 Å². The van der Waals surface area contributed by atoms with Crippen LogP contribution in [0.15, 0.2) is 66.9 Å². The van der Waals surface area contributed by atoms with Gasteiger partial charge in [0, 0.05) is 19.8 Å². The first-order valence-corrected chi connectivity index (χ1v) is 8.15. The number of amides is 1. The van der Waals surface area contributed by atoms with Gasteiger partial charge in [-0.05, 0) is 23.8 Å². The molecule has 5 nitrogen and oxygen atoms in total. The maximum atomic E-state index is 12.4. The minimum absolute atomic E-state index is 0.282. The number of hydrogen-bond donors (Lipinski definition) is 1. The molecule has 0 atom stereocenters. The van der Waals surface area contributed by atoms with Gasteiger partial charge in [0.1, 0.15) is 5.69 Å². The standard InChI is InChI=1S/C19H17ClN4O/c1-24(13-14-7-3-2-4-8-14)19-21-12-11-17(23-19)18(25)22-16-10-6-5-9-15(16)20/h2-12H,13H2,1H3,(H,22,25). The molecule has 3 aromatic rings. The van der Waals surface area contributed by atoms with Gasteiger partial charge in [0.15, 0.2) is 0 Å². The number of rotatable bonds is 5. The minimum Gasteiger partial charge on any atom is -0.340 e. The molecule has 0 bridgehead atoms. The number of para-hydroxylation sites is 1. The SMILES string of the molecule is CN(Cc1ccccc1)c1nccc(C(=O)Nc2ccccc2Cl)n1. The summed E-state index contributed by atoms with van der Waals surface area (Å²) >= 11 is 6.07. The van der Waals surface area contributed by atoms with Gasteiger partial charge in [0.25, 0.3) is 5.91 Å². The van der Waals surface area contributed by atoms with Crippen molar-refractivity contribution in [2.75, 3.05) is 17.3 Å². The Morgan fingerprint density at radius 2 is 1.80 bits per heavy atom. The van der Waals surface area contributed by atoms with E-state index in [4.69, 9.17) is 11.6 Å². The molecule has 0 saturated carbocycles. The molecule has 0 aliphatic heterocycles. The summed E-state index contributed by atoms with van der Waals surface area (Å²) in [4.78, 5) is 22.9. The Morgan fingerprint density at radius 3 is 2.56 bits per heavy atom. The molecule has 3 rings (SSSR count). The molecule has 126 valence electrons. The molecular formula is C19H17ClN4O. The lowest BCUT2D eigenvalue weighted by molar-refractivity contribution is 0.102. The third-order valence-electron chi connectivity index (χ3n) is 3.60. The topological polar surface area (TPSA) is 58.1 Å². The number of aromatic nitrogens is 2. The second-order valence-electron chi connectivity index (χ2n) is 5.52. The van der Waals surface area contributed by atoms with E-state index < -0.39 is 0 Å². The van der Waals surface area contributed by atoms with Gasteiger partial charge in [0.2, 0.25) is 5.95 Å². The van der Waals surface area contributed by atoms with Crippen LogP contribution >= 0.6 is 11.6 Å². The number of hydrogen-bond acceptors (Lipinski definition) is 4. The van der Waals surface area contributed by atoms with Crippen molar-refractivity contribution in [1.29, 1.82) is 0 Å². The minimum atomic E-state index is -0.329. The monoisotopic (exact) mass is 352 g/mol. The second kappa shape index (κ2) is 7.77. The summed E-state index contributed by atoms with van der Waals surface area (Å²) in [6.45, 7) is 0.649. The van der Waals surface area contributed by atoms with Crippen molar-refractivity contribution in [1.82, 2.24) is 9.97 Å². The summed E-state index contributed by atoms with van der Waals surface area (Å²) in [6, 6.07) is 18.6. The fourth-order valence-corrected chi connectivity index (χ4v) is 2.52. The molecule has 1 heterocycles. The zero-order chi connectivity index (χ0) is 17.6. The van der Waals surface area contributed by atoms with E-state index in [1.165, 1.54) is 0 Å². The molecular weight excluding hydrogens is 336 g/mol. The third-order valence-corrected chi connectivity index (χ3v) is 3.93. The third kappa shape index (κ3) is 4.33. The Balaban J connectivity index is 1.74. The Hall–Kier alpha value is -2.92. The fourth-order valence-electron chi connectivity index (χ4n) is 2.34. The number of nitrogens with zero attached hydrogens (tertiary/aromatic N) is 3. The molecule has 1 N–H and O–H groups in total. The van der Waals surface area contributed by atoms with Gasteiger partial charge in [0.05, 0.1) is 10.7 Å². The Morgan fingerprint density at radius 1 is 1.08 bits per heavy atom. The molecule has 1 amide bonds. The van der Waals surface area contributed by atoms with Crippen LogP contribution < -0.4 is 10.2 Å². The zero-order valence-corrected chi connectivity index (χ0v) is 14.4. The van der Waals surface area contributed by atoms with Crippen LogP contribution in [0, 0.1) is 0 Å². The number of carbonyl (C=O) groups is 1. The van der Waals surface area contributed by atoms with Gasteiger partial charge >= 0.3 is 0 Å². The van der Waals surface area contributed by atoms with Crippen molar-refractivity contribution in [3.8, 4) is 0 Å². The quantitative estimate of drug-likeness (QED) is 0.753. The molecule has 0 aliphatic rings. The van der Waals surface area contributed by atoms with Gasteiger partial charge in [-0.1, -0.05) is 54.1 Å². The highest BCUT2D eigenvalue weighted by Gasteiger charge is 2.13. The predicted octanol–water partition coefficient (Wildman–Crippen LogP) is 4.02. The molecule has 0 aliphatic carbocycles. The van der Waals surface area contributed by atoms with Gasteiger partial charge in [-0.3, -0.25) is 4.79 Å². The maximum absolute atomic E-state index is 12.4. The molecule has 6 heteroatoms. The van der Waals surface area contributed by atoms with Crippen molar-refractivity contribution in [2.45, 2.75) is 6.54 Å². The highest BCUT2D eigenvalue weighted by molar-refractivity contribution is 6.33. The van der Waals surface area contributed by atoms with E-state index in [0.29, 0.717) is 23.2 Å². The van der Waals surface area contributed by atoms with E-state index in [1.54, 1.807) is 36.5 Å². The number of nitrogens with one attached hydrogen (secondary N) is 1. The summed E-state index contributed by atoms with van der Waals surface area (Å²) < 4.78 is 0. The van der Waals surface area contributed by atoms with Crippen LogP contribution in [0.4, 0.5) is 11.6 Å². The Labute approximate surface area is 151 Å². The smallest absolute Gasteiger partial charge is 0.274 e. The molecule has 2 aromatic carbocycles. The van der Waals surface area contributed by atoms with E-state index in [-0.39, 0.29) is 11.6 Å². The summed E-state index contributed by atoms with van der Waals surface area (Å²) in [5.41, 5.74) is 1.97.